The van der Waals surface area contributed by atoms with Crippen LogP contribution < -0.4 is 11.1 Å². The fraction of sp³-hybridized carbons (Fsp3) is 0.571. The van der Waals surface area contributed by atoms with Crippen molar-refractivity contribution in [2.24, 2.45) is 11.7 Å². The first kappa shape index (κ1) is 13.1. The molecule has 3 N–H and O–H groups in total. The Morgan fingerprint density at radius 2 is 2.00 bits per heavy atom. The summed E-state index contributed by atoms with van der Waals surface area (Å²) in [5.74, 6) is 0.633. The quantitative estimate of drug-likeness (QED) is 0.899. The van der Waals surface area contributed by atoms with Crippen molar-refractivity contribution < 1.29 is 0 Å². The Kier molecular flexibility index (Phi) is 4.60. The summed E-state index contributed by atoms with van der Waals surface area (Å²) in [6.45, 7) is 0. The molecule has 94 valence electrons. The molecule has 3 heteroatoms. The Balaban J connectivity index is 1.99. The number of rotatable bonds is 3. The molecule has 1 fully saturated rings. The van der Waals surface area contributed by atoms with Gasteiger partial charge in [0.2, 0.25) is 0 Å². The molecule has 0 amide bonds. The van der Waals surface area contributed by atoms with Crippen LogP contribution >= 0.6 is 15.9 Å². The summed E-state index contributed by atoms with van der Waals surface area (Å²) in [5.41, 5.74) is 7.64. The minimum absolute atomic E-state index is 0.185. The summed E-state index contributed by atoms with van der Waals surface area (Å²) in [6.07, 6.45) is 4.98. The van der Waals surface area contributed by atoms with E-state index in [1.54, 1.807) is 0 Å². The van der Waals surface area contributed by atoms with Gasteiger partial charge < -0.3 is 11.1 Å². The summed E-state index contributed by atoms with van der Waals surface area (Å²) in [5, 5.41) is 3.36. The number of hydrogen-bond donors (Lipinski definition) is 2. The number of nitrogens with one attached hydrogen (secondary N) is 1. The van der Waals surface area contributed by atoms with Crippen LogP contribution in [0.3, 0.4) is 0 Å². The van der Waals surface area contributed by atoms with E-state index in [1.807, 2.05) is 6.07 Å². The molecule has 0 spiro atoms. The van der Waals surface area contributed by atoms with Gasteiger partial charge in [-0.05, 0) is 56.3 Å². The summed E-state index contributed by atoms with van der Waals surface area (Å²) in [7, 11) is 2.05. The van der Waals surface area contributed by atoms with E-state index in [9.17, 15) is 0 Å². The third-order valence-corrected chi connectivity index (χ3v) is 4.41. The van der Waals surface area contributed by atoms with Gasteiger partial charge in [-0.1, -0.05) is 28.1 Å². The van der Waals surface area contributed by atoms with Crippen LogP contribution in [0.2, 0.25) is 0 Å². The van der Waals surface area contributed by atoms with Crippen molar-refractivity contribution in [2.45, 2.75) is 37.8 Å². The number of halogens is 1. The van der Waals surface area contributed by atoms with E-state index in [2.05, 4.69) is 46.5 Å². The van der Waals surface area contributed by atoms with Gasteiger partial charge in [-0.3, -0.25) is 0 Å². The summed E-state index contributed by atoms with van der Waals surface area (Å²) in [6, 6.07) is 9.28. The van der Waals surface area contributed by atoms with Crippen molar-refractivity contribution in [3.05, 3.63) is 34.3 Å². The normalized spacial score (nSPS) is 26.8. The molecule has 0 aromatic heterocycles. The zero-order valence-electron chi connectivity index (χ0n) is 10.3. The third kappa shape index (κ3) is 3.30. The second-order valence-corrected chi connectivity index (χ2v) is 5.90. The first-order chi connectivity index (χ1) is 8.20. The lowest BCUT2D eigenvalue weighted by Crippen LogP contribution is -2.33. The molecule has 1 aliphatic carbocycles. The lowest BCUT2D eigenvalue weighted by atomic mass is 9.79. The molecular weight excluding hydrogens is 276 g/mol. The summed E-state index contributed by atoms with van der Waals surface area (Å²) >= 11 is 3.51. The van der Waals surface area contributed by atoms with Gasteiger partial charge in [0.1, 0.15) is 0 Å². The maximum atomic E-state index is 6.38. The van der Waals surface area contributed by atoms with Gasteiger partial charge in [-0.15, -0.1) is 0 Å². The zero-order valence-corrected chi connectivity index (χ0v) is 11.9. The molecule has 1 aromatic rings. The topological polar surface area (TPSA) is 38.0 Å². The summed E-state index contributed by atoms with van der Waals surface area (Å²) < 4.78 is 1.12. The maximum absolute atomic E-state index is 6.38. The van der Waals surface area contributed by atoms with Crippen LogP contribution in [0.15, 0.2) is 28.7 Å². The molecule has 1 unspecified atom stereocenters. The van der Waals surface area contributed by atoms with Crippen LogP contribution in [0.25, 0.3) is 0 Å². The van der Waals surface area contributed by atoms with Crippen LogP contribution in [0.4, 0.5) is 0 Å². The molecule has 2 rings (SSSR count). The highest BCUT2D eigenvalue weighted by atomic mass is 79.9. The van der Waals surface area contributed by atoms with Gasteiger partial charge in [0.05, 0.1) is 0 Å². The molecule has 1 atom stereocenters. The van der Waals surface area contributed by atoms with Gasteiger partial charge >= 0.3 is 0 Å². The van der Waals surface area contributed by atoms with E-state index in [4.69, 9.17) is 5.73 Å². The standard InChI is InChI=1S/C14H21BrN2/c1-17-13-7-5-10(6-8-13)14(16)11-3-2-4-12(15)9-11/h2-4,9-10,13-14,17H,5-8,16H2,1H3. The minimum Gasteiger partial charge on any atom is -0.324 e. The van der Waals surface area contributed by atoms with Crippen LogP contribution in [0.5, 0.6) is 0 Å². The molecular formula is C14H21BrN2. The molecule has 1 aliphatic rings. The van der Waals surface area contributed by atoms with Gasteiger partial charge in [-0.2, -0.15) is 0 Å². The van der Waals surface area contributed by atoms with Crippen molar-refractivity contribution in [1.82, 2.24) is 5.32 Å². The fourth-order valence-corrected chi connectivity index (χ4v) is 3.17. The molecule has 0 radical (unpaired) electrons. The first-order valence-corrected chi connectivity index (χ1v) is 7.18. The average molecular weight is 297 g/mol. The Bertz CT molecular complexity index is 359. The van der Waals surface area contributed by atoms with Gasteiger partial charge in [-0.25, -0.2) is 0 Å². The largest absolute Gasteiger partial charge is 0.324 e. The van der Waals surface area contributed by atoms with Crippen LogP contribution in [0, 0.1) is 5.92 Å². The molecule has 0 bridgehead atoms. The lowest BCUT2D eigenvalue weighted by molar-refractivity contribution is 0.267. The fourth-order valence-electron chi connectivity index (χ4n) is 2.75. The minimum atomic E-state index is 0.185. The highest BCUT2D eigenvalue weighted by Crippen LogP contribution is 2.33. The van der Waals surface area contributed by atoms with E-state index in [0.29, 0.717) is 12.0 Å². The monoisotopic (exact) mass is 296 g/mol. The molecule has 0 aliphatic heterocycles. The molecule has 1 aromatic carbocycles. The van der Waals surface area contributed by atoms with Gasteiger partial charge in [0.15, 0.2) is 0 Å². The predicted molar refractivity (Wildman–Crippen MR) is 75.9 cm³/mol. The van der Waals surface area contributed by atoms with Gasteiger partial charge in [0, 0.05) is 16.6 Å². The number of benzene rings is 1. The van der Waals surface area contributed by atoms with Crippen LogP contribution in [-0.2, 0) is 0 Å². The Hall–Kier alpha value is -0.380. The number of hydrogen-bond acceptors (Lipinski definition) is 2. The third-order valence-electron chi connectivity index (χ3n) is 3.92. The predicted octanol–water partition coefficient (Wildman–Crippen LogP) is 3.23. The van der Waals surface area contributed by atoms with E-state index in [1.165, 1.54) is 31.2 Å². The molecule has 17 heavy (non-hydrogen) atoms. The second-order valence-electron chi connectivity index (χ2n) is 4.98. The highest BCUT2D eigenvalue weighted by Gasteiger charge is 2.25. The molecule has 0 saturated heterocycles. The van der Waals surface area contributed by atoms with Crippen molar-refractivity contribution in [3.8, 4) is 0 Å². The Morgan fingerprint density at radius 1 is 1.29 bits per heavy atom. The van der Waals surface area contributed by atoms with E-state index < -0.39 is 0 Å². The van der Waals surface area contributed by atoms with Crippen molar-refractivity contribution in [3.63, 3.8) is 0 Å². The second kappa shape index (κ2) is 5.98. The maximum Gasteiger partial charge on any atom is 0.0323 e. The molecule has 2 nitrogen and oxygen atoms in total. The Labute approximate surface area is 112 Å². The van der Waals surface area contributed by atoms with E-state index >= 15 is 0 Å². The SMILES string of the molecule is CNC1CCC(C(N)c2cccc(Br)c2)CC1. The van der Waals surface area contributed by atoms with Crippen molar-refractivity contribution in [1.29, 1.82) is 0 Å². The molecule has 0 heterocycles. The van der Waals surface area contributed by atoms with Crippen LogP contribution in [0.1, 0.15) is 37.3 Å². The smallest absolute Gasteiger partial charge is 0.0323 e. The molecule has 1 saturated carbocycles. The highest BCUT2D eigenvalue weighted by molar-refractivity contribution is 9.10. The lowest BCUT2D eigenvalue weighted by Gasteiger charge is -2.32. The average Bonchev–Trinajstić information content (AvgIpc) is 2.38. The van der Waals surface area contributed by atoms with E-state index in [-0.39, 0.29) is 6.04 Å². The van der Waals surface area contributed by atoms with Gasteiger partial charge in [0.25, 0.3) is 0 Å². The van der Waals surface area contributed by atoms with Crippen LogP contribution in [-0.4, -0.2) is 13.1 Å². The van der Waals surface area contributed by atoms with Crippen molar-refractivity contribution >= 4 is 15.9 Å². The first-order valence-electron chi connectivity index (χ1n) is 6.39. The van der Waals surface area contributed by atoms with E-state index in [0.717, 1.165) is 4.47 Å². The Morgan fingerprint density at radius 3 is 2.59 bits per heavy atom. The zero-order chi connectivity index (χ0) is 12.3. The van der Waals surface area contributed by atoms with Crippen molar-refractivity contribution in [2.75, 3.05) is 7.05 Å². The number of nitrogens with two attached hydrogens (primary N) is 1. The summed E-state index contributed by atoms with van der Waals surface area (Å²) in [4.78, 5) is 0.